The lowest BCUT2D eigenvalue weighted by Gasteiger charge is -2.08. The van der Waals surface area contributed by atoms with E-state index in [-0.39, 0.29) is 25.6 Å². The molecule has 0 unspecified atom stereocenters. The zero-order valence-electron chi connectivity index (χ0n) is 19.9. The highest BCUT2D eigenvalue weighted by Gasteiger charge is 2.02. The molecule has 0 spiro atoms. The van der Waals surface area contributed by atoms with E-state index in [1.165, 1.54) is 32.1 Å². The number of hydrogen-bond donors (Lipinski definition) is 1. The molecule has 190 valence electrons. The molecule has 9 heteroatoms. The third kappa shape index (κ3) is 26.8. The number of hydrogen-bond acceptors (Lipinski definition) is 8. The zero-order valence-corrected chi connectivity index (χ0v) is 19.9. The second-order valence-electron chi connectivity index (χ2n) is 7.30. The summed E-state index contributed by atoms with van der Waals surface area (Å²) in [4.78, 5) is 21.9. The molecule has 0 aromatic rings. The molecule has 32 heavy (non-hydrogen) atoms. The summed E-state index contributed by atoms with van der Waals surface area (Å²) in [6, 6.07) is 0. The fourth-order valence-corrected chi connectivity index (χ4v) is 2.65. The van der Waals surface area contributed by atoms with E-state index in [4.69, 9.17) is 33.5 Å². The fourth-order valence-electron chi connectivity index (χ4n) is 2.65. The molecule has 0 radical (unpaired) electrons. The van der Waals surface area contributed by atoms with Gasteiger partial charge in [-0.3, -0.25) is 9.59 Å². The van der Waals surface area contributed by atoms with Crippen LogP contribution in [0.25, 0.3) is 0 Å². The minimum atomic E-state index is -0.872. The number of ether oxygens (including phenoxy) is 6. The van der Waals surface area contributed by atoms with Crippen molar-refractivity contribution >= 4 is 11.9 Å². The van der Waals surface area contributed by atoms with Gasteiger partial charge in [-0.15, -0.1) is 0 Å². The van der Waals surface area contributed by atoms with Crippen molar-refractivity contribution in [3.8, 4) is 0 Å². The van der Waals surface area contributed by atoms with Crippen molar-refractivity contribution in [1.29, 1.82) is 0 Å². The summed E-state index contributed by atoms with van der Waals surface area (Å²) in [5, 5.41) is 8.45. The highest BCUT2D eigenvalue weighted by Crippen LogP contribution is 2.08. The van der Waals surface area contributed by atoms with E-state index in [0.717, 1.165) is 12.8 Å². The Balaban J connectivity index is 3.12. The van der Waals surface area contributed by atoms with Crippen molar-refractivity contribution in [1.82, 2.24) is 0 Å². The van der Waals surface area contributed by atoms with Gasteiger partial charge in [0.1, 0.15) is 6.61 Å². The van der Waals surface area contributed by atoms with Crippen LogP contribution < -0.4 is 0 Å². The van der Waals surface area contributed by atoms with Crippen molar-refractivity contribution < 1.29 is 43.1 Å². The fraction of sp³-hybridized carbons (Fsp3) is 0.913. The molecule has 0 aliphatic carbocycles. The van der Waals surface area contributed by atoms with Gasteiger partial charge >= 0.3 is 11.9 Å². The Hall–Kier alpha value is -1.26. The number of carbonyl (C=O) groups is 2. The summed E-state index contributed by atoms with van der Waals surface area (Å²) >= 11 is 0. The largest absolute Gasteiger partial charge is 0.481 e. The number of carbonyl (C=O) groups excluding carboxylic acids is 1. The smallest absolute Gasteiger partial charge is 0.305 e. The number of rotatable bonds is 26. The van der Waals surface area contributed by atoms with Crippen LogP contribution in [0.2, 0.25) is 0 Å². The molecule has 9 nitrogen and oxygen atoms in total. The van der Waals surface area contributed by atoms with E-state index in [1.807, 2.05) is 0 Å². The predicted molar refractivity (Wildman–Crippen MR) is 120 cm³/mol. The monoisotopic (exact) mass is 464 g/mol. The standard InChI is InChI=1S/C23H44O9/c1-2-3-4-5-6-7-8-9-23(26)32-21-20-31-19-18-30-17-16-29-15-14-28-13-12-27-11-10-22(24)25/h2-21H2,1H3,(H,24,25). The van der Waals surface area contributed by atoms with Crippen LogP contribution in [-0.2, 0) is 38.0 Å². The Morgan fingerprint density at radius 3 is 1.41 bits per heavy atom. The molecule has 0 amide bonds. The van der Waals surface area contributed by atoms with Crippen LogP contribution in [0.15, 0.2) is 0 Å². The van der Waals surface area contributed by atoms with Gasteiger partial charge in [0, 0.05) is 6.42 Å². The van der Waals surface area contributed by atoms with Crippen molar-refractivity contribution in [2.75, 3.05) is 72.7 Å². The zero-order chi connectivity index (χ0) is 23.5. The van der Waals surface area contributed by atoms with Crippen molar-refractivity contribution in [2.24, 2.45) is 0 Å². The number of unbranched alkanes of at least 4 members (excludes halogenated alkanes) is 6. The van der Waals surface area contributed by atoms with Crippen LogP contribution >= 0.6 is 0 Å². The molecule has 0 aliphatic heterocycles. The van der Waals surface area contributed by atoms with Crippen LogP contribution in [0, 0.1) is 0 Å². The minimum Gasteiger partial charge on any atom is -0.481 e. The first-order valence-corrected chi connectivity index (χ1v) is 11.9. The molecule has 0 heterocycles. The van der Waals surface area contributed by atoms with Gasteiger partial charge in [0.05, 0.1) is 72.5 Å². The molecule has 0 aromatic carbocycles. The maximum atomic E-state index is 11.6. The predicted octanol–water partition coefficient (Wildman–Crippen LogP) is 3.23. The lowest BCUT2D eigenvalue weighted by Crippen LogP contribution is -2.15. The van der Waals surface area contributed by atoms with Crippen molar-refractivity contribution in [3.63, 3.8) is 0 Å². The molecule has 0 saturated heterocycles. The Morgan fingerprint density at radius 2 is 0.938 bits per heavy atom. The molecule has 0 atom stereocenters. The summed E-state index contributed by atoms with van der Waals surface area (Å²) < 4.78 is 31.7. The normalized spacial score (nSPS) is 11.0. The van der Waals surface area contributed by atoms with E-state index < -0.39 is 5.97 Å². The molecule has 1 N–H and O–H groups in total. The molecule has 0 rings (SSSR count). The topological polar surface area (TPSA) is 110 Å². The molecule has 0 aromatic heterocycles. The van der Waals surface area contributed by atoms with Gasteiger partial charge in [-0.05, 0) is 6.42 Å². The van der Waals surface area contributed by atoms with Gasteiger partial charge in [0.2, 0.25) is 0 Å². The van der Waals surface area contributed by atoms with Crippen LogP contribution in [0.4, 0.5) is 0 Å². The van der Waals surface area contributed by atoms with Gasteiger partial charge in [-0.25, -0.2) is 0 Å². The van der Waals surface area contributed by atoms with E-state index >= 15 is 0 Å². The maximum absolute atomic E-state index is 11.6. The first kappa shape index (κ1) is 30.7. The third-order valence-electron chi connectivity index (χ3n) is 4.42. The summed E-state index contributed by atoms with van der Waals surface area (Å²) in [6.07, 6.45) is 8.78. The maximum Gasteiger partial charge on any atom is 0.305 e. The van der Waals surface area contributed by atoms with Crippen LogP contribution in [0.1, 0.15) is 64.7 Å². The van der Waals surface area contributed by atoms with Gasteiger partial charge in [-0.2, -0.15) is 0 Å². The first-order chi connectivity index (χ1) is 15.7. The van der Waals surface area contributed by atoms with Crippen LogP contribution in [-0.4, -0.2) is 89.7 Å². The highest BCUT2D eigenvalue weighted by molar-refractivity contribution is 5.69. The Kier molecular flexibility index (Phi) is 25.0. The molecule has 0 saturated carbocycles. The third-order valence-corrected chi connectivity index (χ3v) is 4.42. The minimum absolute atomic E-state index is 0.000953. The number of carboxylic acids is 1. The van der Waals surface area contributed by atoms with Gasteiger partial charge in [0.15, 0.2) is 0 Å². The van der Waals surface area contributed by atoms with Gasteiger partial charge in [-0.1, -0.05) is 45.4 Å². The summed E-state index contributed by atoms with van der Waals surface area (Å²) in [5.41, 5.74) is 0. The van der Waals surface area contributed by atoms with Gasteiger partial charge < -0.3 is 33.5 Å². The number of aliphatic carboxylic acids is 1. The second kappa shape index (κ2) is 26.0. The second-order valence-corrected chi connectivity index (χ2v) is 7.30. The Bertz CT molecular complexity index is 418. The van der Waals surface area contributed by atoms with E-state index in [9.17, 15) is 9.59 Å². The number of carboxylic acid groups (broad SMARTS) is 1. The first-order valence-electron chi connectivity index (χ1n) is 11.9. The lowest BCUT2D eigenvalue weighted by atomic mass is 10.1. The molecular formula is C23H44O9. The van der Waals surface area contributed by atoms with Crippen LogP contribution in [0.5, 0.6) is 0 Å². The Labute approximate surface area is 193 Å². The SMILES string of the molecule is CCCCCCCCCC(=O)OCCOCCOCCOCCOCCOCCC(=O)O. The van der Waals surface area contributed by atoms with E-state index in [2.05, 4.69) is 6.92 Å². The Morgan fingerprint density at radius 1 is 0.531 bits per heavy atom. The highest BCUT2D eigenvalue weighted by atomic mass is 16.6. The summed E-state index contributed by atoms with van der Waals surface area (Å²) in [5.74, 6) is -1.02. The van der Waals surface area contributed by atoms with E-state index in [0.29, 0.717) is 65.9 Å². The van der Waals surface area contributed by atoms with Crippen LogP contribution in [0.3, 0.4) is 0 Å². The van der Waals surface area contributed by atoms with Crippen molar-refractivity contribution in [3.05, 3.63) is 0 Å². The molecule has 0 aliphatic rings. The summed E-state index contributed by atoms with van der Waals surface area (Å²) in [6.45, 7) is 6.58. The average Bonchev–Trinajstić information content (AvgIpc) is 2.77. The van der Waals surface area contributed by atoms with Crippen molar-refractivity contribution in [2.45, 2.75) is 64.7 Å². The lowest BCUT2D eigenvalue weighted by molar-refractivity contribution is -0.145. The summed E-state index contributed by atoms with van der Waals surface area (Å²) in [7, 11) is 0. The quantitative estimate of drug-likeness (QED) is 0.152. The molecule has 0 fully saturated rings. The average molecular weight is 465 g/mol. The van der Waals surface area contributed by atoms with E-state index in [1.54, 1.807) is 0 Å². The number of esters is 1. The molecular weight excluding hydrogens is 420 g/mol. The van der Waals surface area contributed by atoms with Gasteiger partial charge in [0.25, 0.3) is 0 Å². The molecule has 0 bridgehead atoms.